The fourth-order valence-electron chi connectivity index (χ4n) is 1.87. The van der Waals surface area contributed by atoms with Crippen molar-refractivity contribution in [2.45, 2.75) is 19.1 Å². The highest BCUT2D eigenvalue weighted by Gasteiger charge is 2.19. The van der Waals surface area contributed by atoms with Gasteiger partial charge in [-0.2, -0.15) is 0 Å². The van der Waals surface area contributed by atoms with Crippen molar-refractivity contribution >= 4 is 29.2 Å². The molecule has 0 spiro atoms. The van der Waals surface area contributed by atoms with Gasteiger partial charge >= 0.3 is 5.97 Å². The van der Waals surface area contributed by atoms with Crippen LogP contribution in [-0.4, -0.2) is 17.2 Å². The maximum absolute atomic E-state index is 11.3. The number of carboxylic acids is 1. The molecule has 1 N–H and O–H groups in total. The van der Waals surface area contributed by atoms with E-state index in [0.717, 1.165) is 11.1 Å². The Kier molecular flexibility index (Phi) is 5.62. The van der Waals surface area contributed by atoms with Crippen molar-refractivity contribution in [1.82, 2.24) is 0 Å². The van der Waals surface area contributed by atoms with Crippen LogP contribution in [0.15, 0.2) is 48.5 Å². The monoisotopic (exact) mass is 324 g/mol. The average molecular weight is 325 g/mol. The number of ether oxygens (including phenoxy) is 1. The molecule has 0 aliphatic heterocycles. The van der Waals surface area contributed by atoms with Gasteiger partial charge in [0.05, 0.1) is 16.7 Å². The van der Waals surface area contributed by atoms with Crippen LogP contribution in [0, 0.1) is 0 Å². The maximum Gasteiger partial charge on any atom is 0.333 e. The van der Waals surface area contributed by atoms with Crippen LogP contribution in [0.5, 0.6) is 0 Å². The van der Waals surface area contributed by atoms with Gasteiger partial charge in [0.25, 0.3) is 0 Å². The third-order valence-corrected chi connectivity index (χ3v) is 3.71. The molecule has 2 aromatic carbocycles. The van der Waals surface area contributed by atoms with Crippen molar-refractivity contribution < 1.29 is 14.6 Å². The minimum absolute atomic E-state index is 0.235. The molecule has 0 aromatic heterocycles. The molecule has 1 atom stereocenters. The van der Waals surface area contributed by atoms with E-state index in [2.05, 4.69) is 0 Å². The summed E-state index contributed by atoms with van der Waals surface area (Å²) in [5.74, 6) is -1.00. The number of benzene rings is 2. The lowest BCUT2D eigenvalue weighted by molar-refractivity contribution is -0.151. The van der Waals surface area contributed by atoms with Gasteiger partial charge in [0.1, 0.15) is 0 Å². The number of carbonyl (C=O) groups is 1. The molecule has 0 aliphatic carbocycles. The van der Waals surface area contributed by atoms with Gasteiger partial charge in [-0.15, -0.1) is 0 Å². The molecule has 0 amide bonds. The van der Waals surface area contributed by atoms with E-state index in [-0.39, 0.29) is 13.0 Å². The Morgan fingerprint density at radius 2 is 1.76 bits per heavy atom. The highest BCUT2D eigenvalue weighted by Crippen LogP contribution is 2.23. The summed E-state index contributed by atoms with van der Waals surface area (Å²) in [4.78, 5) is 11.3. The van der Waals surface area contributed by atoms with Crippen LogP contribution in [0.1, 0.15) is 11.1 Å². The van der Waals surface area contributed by atoms with E-state index in [9.17, 15) is 9.90 Å². The Labute approximate surface area is 133 Å². The van der Waals surface area contributed by atoms with Crippen molar-refractivity contribution in [2.75, 3.05) is 0 Å². The summed E-state index contributed by atoms with van der Waals surface area (Å²) in [6, 6.07) is 14.5. The third kappa shape index (κ3) is 4.74. The SMILES string of the molecule is O=C(O)C(Cc1ccc(Cl)c(Cl)c1)OCc1ccccc1. The van der Waals surface area contributed by atoms with E-state index < -0.39 is 12.1 Å². The lowest BCUT2D eigenvalue weighted by Gasteiger charge is -2.14. The minimum atomic E-state index is -1.00. The largest absolute Gasteiger partial charge is 0.479 e. The zero-order valence-electron chi connectivity index (χ0n) is 11.1. The number of rotatable bonds is 6. The van der Waals surface area contributed by atoms with Crippen molar-refractivity contribution in [1.29, 1.82) is 0 Å². The van der Waals surface area contributed by atoms with E-state index in [1.165, 1.54) is 0 Å². The third-order valence-electron chi connectivity index (χ3n) is 2.97. The van der Waals surface area contributed by atoms with Crippen LogP contribution < -0.4 is 0 Å². The van der Waals surface area contributed by atoms with Crippen LogP contribution in [0.3, 0.4) is 0 Å². The highest BCUT2D eigenvalue weighted by molar-refractivity contribution is 6.42. The first-order valence-corrected chi connectivity index (χ1v) is 7.14. The van der Waals surface area contributed by atoms with Crippen LogP contribution in [-0.2, 0) is 22.6 Å². The normalized spacial score (nSPS) is 12.1. The Morgan fingerprint density at radius 3 is 2.38 bits per heavy atom. The first-order chi connectivity index (χ1) is 10.1. The topological polar surface area (TPSA) is 46.5 Å². The molecule has 0 saturated carbocycles. The molecular weight excluding hydrogens is 311 g/mol. The van der Waals surface area contributed by atoms with Crippen LogP contribution in [0.25, 0.3) is 0 Å². The molecule has 21 heavy (non-hydrogen) atoms. The summed E-state index contributed by atoms with van der Waals surface area (Å²) in [5, 5.41) is 10.1. The van der Waals surface area contributed by atoms with Gasteiger partial charge in [0.2, 0.25) is 0 Å². The minimum Gasteiger partial charge on any atom is -0.479 e. The van der Waals surface area contributed by atoms with Crippen molar-refractivity contribution in [2.24, 2.45) is 0 Å². The molecule has 3 nitrogen and oxygen atoms in total. The predicted octanol–water partition coefficient (Wildman–Crippen LogP) is 4.21. The second-order valence-electron chi connectivity index (χ2n) is 4.58. The van der Waals surface area contributed by atoms with Gasteiger partial charge in [-0.1, -0.05) is 59.6 Å². The predicted molar refractivity (Wildman–Crippen MR) is 82.8 cm³/mol. The molecule has 0 saturated heterocycles. The molecule has 0 aliphatic rings. The fraction of sp³-hybridized carbons (Fsp3) is 0.188. The molecular formula is C16H14Cl2O3. The Bertz CT molecular complexity index is 614. The number of carboxylic acid groups (broad SMARTS) is 1. The summed E-state index contributed by atoms with van der Waals surface area (Å²) in [6.07, 6.45) is -0.693. The molecule has 110 valence electrons. The Hall–Kier alpha value is -1.55. The van der Waals surface area contributed by atoms with Crippen LogP contribution in [0.2, 0.25) is 10.0 Å². The Morgan fingerprint density at radius 1 is 1.05 bits per heavy atom. The lowest BCUT2D eigenvalue weighted by atomic mass is 10.1. The summed E-state index contributed by atoms with van der Waals surface area (Å²) >= 11 is 11.8. The highest BCUT2D eigenvalue weighted by atomic mass is 35.5. The van der Waals surface area contributed by atoms with E-state index in [1.54, 1.807) is 18.2 Å². The summed E-state index contributed by atoms with van der Waals surface area (Å²) in [5.41, 5.74) is 1.70. The van der Waals surface area contributed by atoms with E-state index in [1.807, 2.05) is 30.3 Å². The molecule has 0 fully saturated rings. The van der Waals surface area contributed by atoms with E-state index in [0.29, 0.717) is 10.0 Å². The first-order valence-electron chi connectivity index (χ1n) is 6.38. The Balaban J connectivity index is 2.02. The fourth-order valence-corrected chi connectivity index (χ4v) is 2.19. The van der Waals surface area contributed by atoms with Gasteiger partial charge < -0.3 is 9.84 Å². The zero-order chi connectivity index (χ0) is 15.2. The van der Waals surface area contributed by atoms with Gasteiger partial charge in [-0.05, 0) is 23.3 Å². The maximum atomic E-state index is 11.3. The van der Waals surface area contributed by atoms with Crippen LogP contribution >= 0.6 is 23.2 Å². The first kappa shape index (κ1) is 15.8. The zero-order valence-corrected chi connectivity index (χ0v) is 12.6. The molecule has 0 radical (unpaired) electrons. The molecule has 0 bridgehead atoms. The van der Waals surface area contributed by atoms with Gasteiger partial charge in [0, 0.05) is 6.42 Å². The van der Waals surface area contributed by atoms with Gasteiger partial charge in [-0.3, -0.25) is 0 Å². The molecule has 5 heteroatoms. The van der Waals surface area contributed by atoms with Crippen molar-refractivity contribution in [3.05, 3.63) is 69.7 Å². The number of hydrogen-bond donors (Lipinski definition) is 1. The second kappa shape index (κ2) is 7.46. The molecule has 1 unspecified atom stereocenters. The van der Waals surface area contributed by atoms with E-state index in [4.69, 9.17) is 27.9 Å². The summed E-state index contributed by atoms with van der Waals surface area (Å²) in [6.45, 7) is 0.249. The number of halogens is 2. The van der Waals surface area contributed by atoms with Crippen molar-refractivity contribution in [3.63, 3.8) is 0 Å². The average Bonchev–Trinajstić information content (AvgIpc) is 2.48. The number of hydrogen-bond acceptors (Lipinski definition) is 2. The smallest absolute Gasteiger partial charge is 0.333 e. The quantitative estimate of drug-likeness (QED) is 0.865. The lowest BCUT2D eigenvalue weighted by Crippen LogP contribution is -2.26. The van der Waals surface area contributed by atoms with E-state index >= 15 is 0 Å². The van der Waals surface area contributed by atoms with Gasteiger partial charge in [0.15, 0.2) is 6.10 Å². The number of aliphatic carboxylic acids is 1. The standard InChI is InChI=1S/C16H14Cl2O3/c17-13-7-6-12(8-14(13)18)9-15(16(19)20)21-10-11-4-2-1-3-5-11/h1-8,15H,9-10H2,(H,19,20). The van der Waals surface area contributed by atoms with Crippen LogP contribution in [0.4, 0.5) is 0 Å². The molecule has 2 rings (SSSR count). The molecule has 2 aromatic rings. The summed E-state index contributed by atoms with van der Waals surface area (Å²) < 4.78 is 5.49. The molecule has 0 heterocycles. The summed E-state index contributed by atoms with van der Waals surface area (Å²) in [7, 11) is 0. The second-order valence-corrected chi connectivity index (χ2v) is 5.39. The van der Waals surface area contributed by atoms with Gasteiger partial charge in [-0.25, -0.2) is 4.79 Å². The van der Waals surface area contributed by atoms with Crippen molar-refractivity contribution in [3.8, 4) is 0 Å².